The summed E-state index contributed by atoms with van der Waals surface area (Å²) in [5.74, 6) is 1.06. The normalized spacial score (nSPS) is 15.3. The second kappa shape index (κ2) is 10.8. The monoisotopic (exact) mass is 571 g/mol. The average molecular weight is 572 g/mol. The third-order valence-electron chi connectivity index (χ3n) is 5.83. The van der Waals surface area contributed by atoms with Crippen LogP contribution >= 0.6 is 11.6 Å². The van der Waals surface area contributed by atoms with Gasteiger partial charge in [-0.05, 0) is 38.5 Å². The van der Waals surface area contributed by atoms with Crippen molar-refractivity contribution >= 4 is 55.3 Å². The van der Waals surface area contributed by atoms with E-state index in [1.54, 1.807) is 30.4 Å². The Morgan fingerprint density at radius 1 is 1.26 bits per heavy atom. The second-order valence-electron chi connectivity index (χ2n) is 8.65. The van der Waals surface area contributed by atoms with E-state index in [-0.39, 0.29) is 10.8 Å². The molecule has 1 aliphatic rings. The molecule has 14 heteroatoms. The molecule has 2 aromatic carbocycles. The summed E-state index contributed by atoms with van der Waals surface area (Å²) < 4.78 is 65.9. The van der Waals surface area contributed by atoms with Crippen molar-refractivity contribution in [3.05, 3.63) is 41.2 Å². The highest BCUT2D eigenvalue weighted by molar-refractivity contribution is 7.95. The lowest BCUT2D eigenvalue weighted by atomic mass is 10.1. The van der Waals surface area contributed by atoms with Crippen molar-refractivity contribution in [2.75, 3.05) is 30.5 Å². The number of benzene rings is 2. The van der Waals surface area contributed by atoms with Crippen LogP contribution < -0.4 is 20.1 Å². The first-order valence-corrected chi connectivity index (χ1v) is 13.7. The van der Waals surface area contributed by atoms with Gasteiger partial charge in [-0.25, -0.2) is 14.2 Å². The van der Waals surface area contributed by atoms with E-state index in [0.29, 0.717) is 50.9 Å². The molecule has 1 aliphatic heterocycles. The molecule has 2 N–H and O–H groups in total. The first-order valence-electron chi connectivity index (χ1n) is 11.5. The van der Waals surface area contributed by atoms with Gasteiger partial charge in [0.25, 0.3) is 5.91 Å². The lowest BCUT2D eigenvalue weighted by Crippen LogP contribution is -2.41. The highest BCUT2D eigenvalue weighted by Gasteiger charge is 2.29. The molecule has 2 heterocycles. The number of anilines is 2. The van der Waals surface area contributed by atoms with Crippen molar-refractivity contribution in [3.8, 4) is 11.5 Å². The molecule has 38 heavy (non-hydrogen) atoms. The molecule has 204 valence electrons. The number of rotatable bonds is 8. The fourth-order valence-electron chi connectivity index (χ4n) is 3.86. The SMILES string of the molecule is COc1c(N=S2(=O)CCC2)cc2ncnc(Nc3ccc(Cl)cc3O[C@H](C)C(=O)NCC(F)(F)F)c2c1C. The number of alkyl halides is 3. The van der Waals surface area contributed by atoms with Crippen LogP contribution in [0.4, 0.5) is 30.4 Å². The van der Waals surface area contributed by atoms with Gasteiger partial charge < -0.3 is 20.1 Å². The summed E-state index contributed by atoms with van der Waals surface area (Å²) in [6, 6.07) is 6.28. The minimum atomic E-state index is -4.55. The van der Waals surface area contributed by atoms with E-state index in [1.807, 2.05) is 0 Å². The molecule has 1 saturated heterocycles. The maximum absolute atomic E-state index is 12.7. The molecular formula is C24H25ClF3N5O4S. The van der Waals surface area contributed by atoms with Gasteiger partial charge in [0, 0.05) is 33.5 Å². The van der Waals surface area contributed by atoms with Crippen LogP contribution in [0, 0.1) is 6.92 Å². The Kier molecular flexibility index (Phi) is 7.88. The number of nitrogens with zero attached hydrogens (tertiary/aromatic N) is 3. The summed E-state index contributed by atoms with van der Waals surface area (Å²) in [5, 5.41) is 5.82. The van der Waals surface area contributed by atoms with Gasteiger partial charge in [-0.1, -0.05) is 11.6 Å². The summed E-state index contributed by atoms with van der Waals surface area (Å²) >= 11 is 6.12. The molecule has 4 rings (SSSR count). The van der Waals surface area contributed by atoms with Crippen molar-refractivity contribution in [2.24, 2.45) is 4.36 Å². The molecule has 0 spiro atoms. The number of nitrogens with one attached hydrogen (secondary N) is 2. The number of amides is 1. The van der Waals surface area contributed by atoms with Gasteiger partial charge >= 0.3 is 6.18 Å². The molecule has 0 unspecified atom stereocenters. The summed E-state index contributed by atoms with van der Waals surface area (Å²) in [7, 11) is -0.803. The van der Waals surface area contributed by atoms with Gasteiger partial charge in [0.2, 0.25) is 0 Å². The number of ether oxygens (including phenoxy) is 2. The van der Waals surface area contributed by atoms with Crippen molar-refractivity contribution in [1.82, 2.24) is 15.3 Å². The van der Waals surface area contributed by atoms with E-state index in [1.165, 1.54) is 26.4 Å². The molecule has 0 radical (unpaired) electrons. The fraction of sp³-hybridized carbons (Fsp3) is 0.375. The van der Waals surface area contributed by atoms with Gasteiger partial charge in [-0.3, -0.25) is 4.79 Å². The number of aromatic nitrogens is 2. The standard InChI is InChI=1S/C24H25ClF3N5O4S/c1-13-20-17(10-18(21(13)36-3)33-38(35)7-4-8-38)30-12-31-22(20)32-16-6-5-15(25)9-19(16)37-14(2)23(34)29-11-24(26,27)28/h5-6,9-10,12,14H,4,7-8,11H2,1-3H3,(H,29,34)(H,30,31,32)/t14-/m1/s1. The number of carbonyl (C=O) groups is 1. The van der Waals surface area contributed by atoms with Gasteiger partial charge in [0.05, 0.1) is 28.0 Å². The maximum Gasteiger partial charge on any atom is 0.405 e. The lowest BCUT2D eigenvalue weighted by Gasteiger charge is -2.21. The van der Waals surface area contributed by atoms with Crippen LogP contribution in [0.15, 0.2) is 35.0 Å². The van der Waals surface area contributed by atoms with Crippen LogP contribution in [-0.4, -0.2) is 57.5 Å². The fourth-order valence-corrected chi connectivity index (χ4v) is 5.48. The van der Waals surface area contributed by atoms with Crippen molar-refractivity contribution < 1.29 is 31.6 Å². The molecule has 1 fully saturated rings. The van der Waals surface area contributed by atoms with Gasteiger partial charge in [0.15, 0.2) is 6.10 Å². The predicted octanol–water partition coefficient (Wildman–Crippen LogP) is 5.29. The number of aryl methyl sites for hydroxylation is 1. The largest absolute Gasteiger partial charge is 0.494 e. The molecule has 1 atom stereocenters. The third-order valence-corrected chi connectivity index (χ3v) is 8.44. The van der Waals surface area contributed by atoms with Crippen LogP contribution in [0.3, 0.4) is 0 Å². The zero-order chi connectivity index (χ0) is 27.7. The molecule has 0 aliphatic carbocycles. The number of halogens is 4. The predicted molar refractivity (Wildman–Crippen MR) is 139 cm³/mol. The Balaban J connectivity index is 1.68. The number of methoxy groups -OCH3 is 1. The van der Waals surface area contributed by atoms with Gasteiger partial charge in [-0.2, -0.15) is 17.5 Å². The quantitative estimate of drug-likeness (QED) is 0.377. The summed E-state index contributed by atoms with van der Waals surface area (Å²) in [5.41, 5.74) is 1.99. The average Bonchev–Trinajstić information content (AvgIpc) is 2.82. The van der Waals surface area contributed by atoms with Crippen molar-refractivity contribution in [3.63, 3.8) is 0 Å². The molecule has 1 aromatic heterocycles. The Morgan fingerprint density at radius 3 is 2.63 bits per heavy atom. The van der Waals surface area contributed by atoms with Crippen molar-refractivity contribution in [2.45, 2.75) is 32.5 Å². The van der Waals surface area contributed by atoms with Gasteiger partial charge in [-0.15, -0.1) is 0 Å². The smallest absolute Gasteiger partial charge is 0.405 e. The lowest BCUT2D eigenvalue weighted by molar-refractivity contribution is -0.142. The second-order valence-corrected chi connectivity index (χ2v) is 11.6. The van der Waals surface area contributed by atoms with E-state index >= 15 is 0 Å². The zero-order valence-corrected chi connectivity index (χ0v) is 22.3. The first-order chi connectivity index (χ1) is 17.9. The molecule has 0 saturated carbocycles. The van der Waals surface area contributed by atoms with Crippen LogP contribution in [0.1, 0.15) is 18.9 Å². The zero-order valence-electron chi connectivity index (χ0n) is 20.7. The van der Waals surface area contributed by atoms with E-state index in [2.05, 4.69) is 19.6 Å². The van der Waals surface area contributed by atoms with Gasteiger partial charge in [0.1, 0.15) is 35.9 Å². The molecule has 1 amide bonds. The Bertz CT molecular complexity index is 1500. The Hall–Kier alpha value is -3.32. The third kappa shape index (κ3) is 6.21. The first kappa shape index (κ1) is 27.7. The van der Waals surface area contributed by atoms with E-state index < -0.39 is 34.5 Å². The Morgan fingerprint density at radius 2 is 2.00 bits per heavy atom. The number of hydrogen-bond donors (Lipinski definition) is 2. The van der Waals surface area contributed by atoms with E-state index in [9.17, 15) is 22.2 Å². The minimum Gasteiger partial charge on any atom is -0.494 e. The van der Waals surface area contributed by atoms with E-state index in [4.69, 9.17) is 21.1 Å². The highest BCUT2D eigenvalue weighted by Crippen LogP contribution is 2.41. The molecule has 3 aromatic rings. The van der Waals surface area contributed by atoms with Crippen LogP contribution in [-0.2, 0) is 14.5 Å². The maximum atomic E-state index is 12.7. The molecule has 0 bridgehead atoms. The number of fused-ring (bicyclic) bond motifs is 1. The number of carbonyl (C=O) groups excluding carboxylic acids is 1. The molecular weight excluding hydrogens is 547 g/mol. The van der Waals surface area contributed by atoms with Crippen LogP contribution in [0.25, 0.3) is 10.9 Å². The topological polar surface area (TPSA) is 115 Å². The minimum absolute atomic E-state index is 0.122. The number of hydrogen-bond acceptors (Lipinski definition) is 8. The van der Waals surface area contributed by atoms with Crippen LogP contribution in [0.5, 0.6) is 11.5 Å². The summed E-state index contributed by atoms with van der Waals surface area (Å²) in [6.07, 6.45) is -3.60. The van der Waals surface area contributed by atoms with Crippen molar-refractivity contribution in [1.29, 1.82) is 0 Å². The van der Waals surface area contributed by atoms with E-state index in [0.717, 1.165) is 6.42 Å². The Labute approximate surface area is 222 Å². The summed E-state index contributed by atoms with van der Waals surface area (Å²) in [6.45, 7) is 1.65. The molecule has 9 nitrogen and oxygen atoms in total. The highest BCUT2D eigenvalue weighted by atomic mass is 35.5. The van der Waals surface area contributed by atoms with Crippen LogP contribution in [0.2, 0.25) is 5.02 Å². The summed E-state index contributed by atoms with van der Waals surface area (Å²) in [4.78, 5) is 20.8.